The van der Waals surface area contributed by atoms with Crippen molar-refractivity contribution in [3.8, 4) is 5.75 Å². The lowest BCUT2D eigenvalue weighted by molar-refractivity contribution is -0.120. The first kappa shape index (κ1) is 19.1. The quantitative estimate of drug-likeness (QED) is 0.442. The summed E-state index contributed by atoms with van der Waals surface area (Å²) in [6.45, 7) is 2.47. The minimum atomic E-state index is -0.146. The molecule has 0 atom stereocenters. The maximum atomic E-state index is 13.1. The highest BCUT2D eigenvalue weighted by atomic mass is 32.1. The van der Waals surface area contributed by atoms with Crippen molar-refractivity contribution in [2.24, 2.45) is 0 Å². The van der Waals surface area contributed by atoms with Crippen LogP contribution in [0.2, 0.25) is 0 Å². The number of fused-ring (bicyclic) bond motifs is 1. The van der Waals surface area contributed by atoms with Crippen LogP contribution in [0.5, 0.6) is 5.75 Å². The van der Waals surface area contributed by atoms with E-state index >= 15 is 0 Å². The highest BCUT2D eigenvalue weighted by molar-refractivity contribution is 7.22. The zero-order chi connectivity index (χ0) is 20.1. The van der Waals surface area contributed by atoms with E-state index in [1.165, 1.54) is 16.9 Å². The molecule has 0 spiro atoms. The van der Waals surface area contributed by atoms with Gasteiger partial charge in [-0.05, 0) is 47.9 Å². The number of hydrogen-bond donors (Lipinski definition) is 0. The summed E-state index contributed by atoms with van der Waals surface area (Å²) in [5.41, 5.74) is 3.09. The van der Waals surface area contributed by atoms with E-state index in [0.29, 0.717) is 17.4 Å². The highest BCUT2D eigenvalue weighted by Gasteiger charge is 2.21. The molecule has 2 aromatic carbocycles. The average molecular weight is 404 g/mol. The number of aromatic nitrogens is 2. The van der Waals surface area contributed by atoms with Gasteiger partial charge >= 0.3 is 0 Å². The number of amides is 1. The van der Waals surface area contributed by atoms with Gasteiger partial charge in [0.2, 0.25) is 0 Å². The zero-order valence-electron chi connectivity index (χ0n) is 16.1. The lowest BCUT2D eigenvalue weighted by Crippen LogP contribution is -2.34. The molecule has 4 aromatic rings. The maximum Gasteiger partial charge on any atom is 0.267 e. The molecule has 6 heteroatoms. The van der Waals surface area contributed by atoms with Crippen molar-refractivity contribution < 1.29 is 9.53 Å². The molecule has 0 saturated heterocycles. The second-order valence-corrected chi connectivity index (χ2v) is 7.60. The second kappa shape index (κ2) is 8.84. The van der Waals surface area contributed by atoms with Gasteiger partial charge in [-0.2, -0.15) is 0 Å². The number of thiazole rings is 1. The van der Waals surface area contributed by atoms with E-state index < -0.39 is 0 Å². The van der Waals surface area contributed by atoms with E-state index in [4.69, 9.17) is 9.72 Å². The van der Waals surface area contributed by atoms with Gasteiger partial charge in [0.15, 0.2) is 11.7 Å². The van der Waals surface area contributed by atoms with Gasteiger partial charge in [0.25, 0.3) is 5.91 Å². The predicted molar refractivity (Wildman–Crippen MR) is 116 cm³/mol. The Labute approximate surface area is 173 Å². The van der Waals surface area contributed by atoms with Crippen LogP contribution in [0.25, 0.3) is 10.2 Å². The zero-order valence-corrected chi connectivity index (χ0v) is 16.9. The Bertz CT molecular complexity index is 1100. The summed E-state index contributed by atoms with van der Waals surface area (Å²) < 4.78 is 6.76. The van der Waals surface area contributed by atoms with Gasteiger partial charge in [0, 0.05) is 12.4 Å². The van der Waals surface area contributed by atoms with Gasteiger partial charge in [-0.1, -0.05) is 48.6 Å². The van der Waals surface area contributed by atoms with Crippen LogP contribution in [0.15, 0.2) is 73.1 Å². The van der Waals surface area contributed by atoms with Crippen LogP contribution in [0.1, 0.15) is 18.1 Å². The summed E-state index contributed by atoms with van der Waals surface area (Å²) in [6.07, 6.45) is 4.45. The fraction of sp³-hybridized carbons (Fsp3) is 0.174. The Morgan fingerprint density at radius 2 is 1.93 bits per heavy atom. The topological polar surface area (TPSA) is 55.3 Å². The molecule has 0 unspecified atom stereocenters. The third-order valence-corrected chi connectivity index (χ3v) is 5.59. The Hall–Kier alpha value is -3.25. The van der Waals surface area contributed by atoms with E-state index in [1.807, 2.05) is 48.5 Å². The lowest BCUT2D eigenvalue weighted by atomic mass is 10.2. The van der Waals surface area contributed by atoms with Crippen molar-refractivity contribution in [1.29, 1.82) is 0 Å². The summed E-state index contributed by atoms with van der Waals surface area (Å²) in [5.74, 6) is 0.520. The van der Waals surface area contributed by atoms with Crippen LogP contribution < -0.4 is 9.64 Å². The van der Waals surface area contributed by atoms with Crippen molar-refractivity contribution in [2.75, 3.05) is 11.5 Å². The van der Waals surface area contributed by atoms with Crippen LogP contribution in [-0.4, -0.2) is 22.5 Å². The largest absolute Gasteiger partial charge is 0.484 e. The summed E-state index contributed by atoms with van der Waals surface area (Å²) in [6, 6.07) is 19.4. The van der Waals surface area contributed by atoms with Crippen LogP contribution in [0, 0.1) is 0 Å². The van der Waals surface area contributed by atoms with Crippen LogP contribution in [-0.2, 0) is 17.8 Å². The molecule has 0 aliphatic carbocycles. The van der Waals surface area contributed by atoms with Gasteiger partial charge in [-0.3, -0.25) is 14.7 Å². The summed E-state index contributed by atoms with van der Waals surface area (Å²) in [4.78, 5) is 23.6. The molecule has 0 bridgehead atoms. The molecule has 0 aliphatic heterocycles. The predicted octanol–water partition coefficient (Wildman–Crippen LogP) is 4.87. The SMILES string of the molecule is CCc1ccc2nc(N(Cc3cccnc3)C(=O)COc3ccccc3)sc2c1. The minimum absolute atomic E-state index is 0.0551. The number of ether oxygens (including phenoxy) is 1. The Balaban J connectivity index is 1.61. The van der Waals surface area contributed by atoms with Gasteiger partial charge in [-0.15, -0.1) is 0 Å². The second-order valence-electron chi connectivity index (χ2n) is 6.59. The molecular formula is C23H21N3O2S. The number of anilines is 1. The number of hydrogen-bond acceptors (Lipinski definition) is 5. The van der Waals surface area contributed by atoms with E-state index in [2.05, 4.69) is 24.0 Å². The summed E-state index contributed by atoms with van der Waals surface area (Å²) >= 11 is 1.52. The fourth-order valence-electron chi connectivity index (χ4n) is 2.97. The van der Waals surface area contributed by atoms with Crippen molar-refractivity contribution in [3.05, 3.63) is 84.2 Å². The van der Waals surface area contributed by atoms with Crippen LogP contribution in [0.3, 0.4) is 0 Å². The molecule has 146 valence electrons. The minimum Gasteiger partial charge on any atom is -0.484 e. The molecule has 0 saturated carbocycles. The first-order valence-corrected chi connectivity index (χ1v) is 10.3. The number of carbonyl (C=O) groups excluding carboxylic acids is 1. The smallest absolute Gasteiger partial charge is 0.267 e. The summed E-state index contributed by atoms with van der Waals surface area (Å²) in [7, 11) is 0. The number of carbonyl (C=O) groups is 1. The van der Waals surface area contributed by atoms with Crippen LogP contribution >= 0.6 is 11.3 Å². The first-order chi connectivity index (χ1) is 14.2. The molecule has 2 aromatic heterocycles. The third kappa shape index (κ3) is 4.60. The Morgan fingerprint density at radius 1 is 1.07 bits per heavy atom. The molecule has 4 rings (SSSR count). The highest BCUT2D eigenvalue weighted by Crippen LogP contribution is 2.31. The Morgan fingerprint density at radius 3 is 2.69 bits per heavy atom. The van der Waals surface area contributed by atoms with Gasteiger partial charge in [-0.25, -0.2) is 4.98 Å². The molecule has 0 radical (unpaired) electrons. The van der Waals surface area contributed by atoms with E-state index in [-0.39, 0.29) is 12.5 Å². The molecule has 0 aliphatic rings. The number of nitrogens with zero attached hydrogens (tertiary/aromatic N) is 3. The summed E-state index contributed by atoms with van der Waals surface area (Å²) in [5, 5.41) is 0.666. The van der Waals surface area contributed by atoms with E-state index in [1.54, 1.807) is 17.3 Å². The number of para-hydroxylation sites is 1. The molecule has 0 N–H and O–H groups in total. The fourth-order valence-corrected chi connectivity index (χ4v) is 4.01. The molecule has 0 fully saturated rings. The standard InChI is InChI=1S/C23H21N3O2S/c1-2-17-10-11-20-21(13-17)29-23(25-20)26(15-18-7-6-12-24-14-18)22(27)16-28-19-8-4-3-5-9-19/h3-14H,2,15-16H2,1H3. The van der Waals surface area contributed by atoms with Crippen molar-refractivity contribution in [2.45, 2.75) is 19.9 Å². The van der Waals surface area contributed by atoms with Crippen LogP contribution in [0.4, 0.5) is 5.13 Å². The van der Waals surface area contributed by atoms with Crippen molar-refractivity contribution in [3.63, 3.8) is 0 Å². The lowest BCUT2D eigenvalue weighted by Gasteiger charge is -2.20. The molecular weight excluding hydrogens is 382 g/mol. The van der Waals surface area contributed by atoms with Gasteiger partial charge in [0.05, 0.1) is 16.8 Å². The molecule has 1 amide bonds. The normalized spacial score (nSPS) is 10.8. The van der Waals surface area contributed by atoms with Crippen molar-refractivity contribution >= 4 is 32.6 Å². The van der Waals surface area contributed by atoms with Gasteiger partial charge in [0.1, 0.15) is 5.75 Å². The number of rotatable bonds is 7. The van der Waals surface area contributed by atoms with Crippen molar-refractivity contribution in [1.82, 2.24) is 9.97 Å². The van der Waals surface area contributed by atoms with E-state index in [0.717, 1.165) is 22.2 Å². The maximum absolute atomic E-state index is 13.1. The number of benzene rings is 2. The monoisotopic (exact) mass is 403 g/mol. The molecule has 2 heterocycles. The number of aryl methyl sites for hydroxylation is 1. The first-order valence-electron chi connectivity index (χ1n) is 9.49. The van der Waals surface area contributed by atoms with E-state index in [9.17, 15) is 4.79 Å². The van der Waals surface area contributed by atoms with Gasteiger partial charge < -0.3 is 4.74 Å². The molecule has 29 heavy (non-hydrogen) atoms. The third-order valence-electron chi connectivity index (χ3n) is 4.55. The number of pyridine rings is 1. The average Bonchev–Trinajstić information content (AvgIpc) is 3.20. The Kier molecular flexibility index (Phi) is 5.81. The molecule has 5 nitrogen and oxygen atoms in total.